The lowest BCUT2D eigenvalue weighted by atomic mass is 10.2. The maximum Gasteiger partial charge on any atom is 0.140 e. The second-order valence-corrected chi connectivity index (χ2v) is 8.26. The minimum absolute atomic E-state index is 0.501. The van der Waals surface area contributed by atoms with Gasteiger partial charge in [0, 0.05) is 11.1 Å². The summed E-state index contributed by atoms with van der Waals surface area (Å²) in [4.78, 5) is 13.3. The number of hydrogen-bond donors (Lipinski definition) is 0. The number of benzene rings is 1. The highest BCUT2D eigenvalue weighted by Crippen LogP contribution is 2.31. The molecule has 0 aliphatic heterocycles. The quantitative estimate of drug-likeness (QED) is 0.332. The maximum absolute atomic E-state index is 5.79. The van der Waals surface area contributed by atoms with Crippen molar-refractivity contribution < 1.29 is 4.74 Å². The third-order valence-corrected chi connectivity index (χ3v) is 6.48. The van der Waals surface area contributed by atoms with Crippen molar-refractivity contribution in [1.29, 1.82) is 0 Å². The van der Waals surface area contributed by atoms with Gasteiger partial charge in [0.05, 0.1) is 15.9 Å². The van der Waals surface area contributed by atoms with E-state index in [4.69, 9.17) is 4.74 Å². The van der Waals surface area contributed by atoms with Gasteiger partial charge in [-0.05, 0) is 30.5 Å². The highest BCUT2D eigenvalue weighted by molar-refractivity contribution is 7.98. The lowest BCUT2D eigenvalue weighted by Gasteiger charge is -2.04. The molecule has 25 heavy (non-hydrogen) atoms. The van der Waals surface area contributed by atoms with Crippen LogP contribution in [-0.4, -0.2) is 15.0 Å². The summed E-state index contributed by atoms with van der Waals surface area (Å²) in [6.45, 7) is 2.57. The highest BCUT2D eigenvalue weighted by atomic mass is 32.2. The van der Waals surface area contributed by atoms with Gasteiger partial charge in [0.2, 0.25) is 0 Å². The Kier molecular flexibility index (Phi) is 4.96. The van der Waals surface area contributed by atoms with Crippen LogP contribution >= 0.6 is 34.4 Å². The minimum Gasteiger partial charge on any atom is -0.486 e. The monoisotopic (exact) mass is 385 g/mol. The van der Waals surface area contributed by atoms with Crippen LogP contribution in [0.5, 0.6) is 5.75 Å². The molecule has 0 unspecified atom stereocenters. The van der Waals surface area contributed by atoms with Gasteiger partial charge in [0.15, 0.2) is 0 Å². The first-order chi connectivity index (χ1) is 12.3. The van der Waals surface area contributed by atoms with Crippen LogP contribution in [0.2, 0.25) is 0 Å². The van der Waals surface area contributed by atoms with Crippen molar-refractivity contribution in [2.24, 2.45) is 0 Å². The zero-order valence-corrected chi connectivity index (χ0v) is 16.0. The summed E-state index contributed by atoms with van der Waals surface area (Å²) in [7, 11) is 0. The van der Waals surface area contributed by atoms with E-state index in [0.29, 0.717) is 6.61 Å². The van der Waals surface area contributed by atoms with Crippen LogP contribution in [0.15, 0.2) is 52.4 Å². The second kappa shape index (κ2) is 7.51. The summed E-state index contributed by atoms with van der Waals surface area (Å²) < 4.78 is 6.94. The van der Waals surface area contributed by atoms with Gasteiger partial charge in [0.1, 0.15) is 28.7 Å². The predicted octanol–water partition coefficient (Wildman–Crippen LogP) is 5.33. The Morgan fingerprint density at radius 1 is 1.08 bits per heavy atom. The van der Waals surface area contributed by atoms with Crippen molar-refractivity contribution in [1.82, 2.24) is 15.0 Å². The van der Waals surface area contributed by atoms with Crippen molar-refractivity contribution >= 4 is 44.7 Å². The Balaban J connectivity index is 1.36. The molecule has 3 aromatic heterocycles. The van der Waals surface area contributed by atoms with Gasteiger partial charge in [-0.3, -0.25) is 0 Å². The highest BCUT2D eigenvalue weighted by Gasteiger charge is 2.08. The summed E-state index contributed by atoms with van der Waals surface area (Å²) in [5.41, 5.74) is 3.29. The molecule has 4 rings (SSSR count). The molecular formula is C18H15N3OS3. The van der Waals surface area contributed by atoms with E-state index in [9.17, 15) is 0 Å². The summed E-state index contributed by atoms with van der Waals surface area (Å²) in [6, 6.07) is 10.1. The average Bonchev–Trinajstić information content (AvgIpc) is 3.29. The molecule has 0 saturated carbocycles. The van der Waals surface area contributed by atoms with Crippen molar-refractivity contribution in [3.8, 4) is 5.75 Å². The van der Waals surface area contributed by atoms with Crippen LogP contribution < -0.4 is 4.74 Å². The fourth-order valence-electron chi connectivity index (χ4n) is 2.27. The topological polar surface area (TPSA) is 47.9 Å². The first kappa shape index (κ1) is 16.5. The molecule has 1 aromatic carbocycles. The Bertz CT molecular complexity index is 979. The first-order valence-corrected chi connectivity index (χ1v) is 10.5. The number of ether oxygens (including phenoxy) is 1. The molecule has 0 spiro atoms. The van der Waals surface area contributed by atoms with E-state index in [1.165, 1.54) is 5.56 Å². The predicted molar refractivity (Wildman–Crippen MR) is 105 cm³/mol. The summed E-state index contributed by atoms with van der Waals surface area (Å²) in [6.07, 6.45) is 1.62. The molecule has 3 heterocycles. The van der Waals surface area contributed by atoms with Crippen molar-refractivity contribution in [2.45, 2.75) is 24.3 Å². The molecule has 126 valence electrons. The van der Waals surface area contributed by atoms with E-state index in [1.807, 2.05) is 35.7 Å². The van der Waals surface area contributed by atoms with Gasteiger partial charge >= 0.3 is 0 Å². The number of thioether (sulfide) groups is 1. The largest absolute Gasteiger partial charge is 0.486 e. The maximum atomic E-state index is 5.79. The Morgan fingerprint density at radius 2 is 1.96 bits per heavy atom. The van der Waals surface area contributed by atoms with Crippen LogP contribution in [0.3, 0.4) is 0 Å². The molecular weight excluding hydrogens is 370 g/mol. The van der Waals surface area contributed by atoms with Crippen LogP contribution in [0.4, 0.5) is 0 Å². The fourth-order valence-corrected chi connectivity index (χ4v) is 4.92. The Labute approximate surface area is 157 Å². The molecule has 0 atom stereocenters. The zero-order valence-electron chi connectivity index (χ0n) is 13.5. The number of hydrogen-bond acceptors (Lipinski definition) is 7. The summed E-state index contributed by atoms with van der Waals surface area (Å²) >= 11 is 5.01. The number of rotatable bonds is 6. The number of aryl methyl sites for hydroxylation is 1. The number of aromatic nitrogens is 3. The molecule has 0 bridgehead atoms. The molecule has 0 fully saturated rings. The first-order valence-electron chi connectivity index (χ1n) is 7.72. The van der Waals surface area contributed by atoms with Gasteiger partial charge in [-0.1, -0.05) is 29.5 Å². The molecule has 0 saturated heterocycles. The van der Waals surface area contributed by atoms with Gasteiger partial charge in [-0.25, -0.2) is 15.0 Å². The molecule has 4 aromatic rings. The number of fused-ring (bicyclic) bond motifs is 1. The van der Waals surface area contributed by atoms with Gasteiger partial charge in [0.25, 0.3) is 0 Å². The molecule has 0 aliphatic rings. The number of thiazole rings is 1. The van der Waals surface area contributed by atoms with E-state index >= 15 is 0 Å². The smallest absolute Gasteiger partial charge is 0.140 e. The molecule has 0 radical (unpaired) electrons. The number of nitrogens with zero attached hydrogens (tertiary/aromatic N) is 3. The Morgan fingerprint density at radius 3 is 2.84 bits per heavy atom. The van der Waals surface area contributed by atoms with Crippen LogP contribution in [0, 0.1) is 6.92 Å². The Hall–Kier alpha value is -1.96. The lowest BCUT2D eigenvalue weighted by Crippen LogP contribution is -1.95. The van der Waals surface area contributed by atoms with Crippen LogP contribution in [0.1, 0.15) is 16.3 Å². The van der Waals surface area contributed by atoms with E-state index in [0.717, 1.165) is 37.4 Å². The zero-order chi connectivity index (χ0) is 17.1. The van der Waals surface area contributed by atoms with Gasteiger partial charge in [-0.15, -0.1) is 22.7 Å². The van der Waals surface area contributed by atoms with Crippen LogP contribution in [-0.2, 0) is 12.4 Å². The van der Waals surface area contributed by atoms with Gasteiger partial charge in [-0.2, -0.15) is 0 Å². The average molecular weight is 386 g/mol. The fraction of sp³-hybridized carbons (Fsp3) is 0.167. The van der Waals surface area contributed by atoms with E-state index in [-0.39, 0.29) is 0 Å². The van der Waals surface area contributed by atoms with Crippen molar-refractivity contribution in [3.05, 3.63) is 63.7 Å². The minimum atomic E-state index is 0.501. The van der Waals surface area contributed by atoms with E-state index in [2.05, 4.69) is 27.3 Å². The second-order valence-electron chi connectivity index (χ2n) is 5.44. The lowest BCUT2D eigenvalue weighted by molar-refractivity contribution is 0.305. The number of thiophene rings is 1. The molecule has 7 heteroatoms. The third kappa shape index (κ3) is 4.00. The molecule has 0 aliphatic carbocycles. The summed E-state index contributed by atoms with van der Waals surface area (Å²) in [5.74, 6) is 1.67. The van der Waals surface area contributed by atoms with E-state index < -0.39 is 0 Å². The van der Waals surface area contributed by atoms with Gasteiger partial charge < -0.3 is 4.74 Å². The summed E-state index contributed by atoms with van der Waals surface area (Å²) in [5, 5.41) is 6.14. The molecule has 0 N–H and O–H groups in total. The van der Waals surface area contributed by atoms with Crippen molar-refractivity contribution in [3.63, 3.8) is 0 Å². The SMILES string of the molecule is Cc1ccc(OCc2nc(CSc3ncnc4ccsc34)cs2)cc1. The standard InChI is InChI=1S/C18H15N3OS3/c1-12-2-4-14(5-3-12)22-8-16-21-13(9-24-16)10-25-18-17-15(6-7-23-17)19-11-20-18/h2-7,9,11H,8,10H2,1H3. The third-order valence-electron chi connectivity index (χ3n) is 3.55. The van der Waals surface area contributed by atoms with Crippen molar-refractivity contribution in [2.75, 3.05) is 0 Å². The van der Waals surface area contributed by atoms with Crippen LogP contribution in [0.25, 0.3) is 10.2 Å². The molecule has 0 amide bonds. The molecule has 4 nitrogen and oxygen atoms in total. The normalized spacial score (nSPS) is 11.1. The van der Waals surface area contributed by atoms with E-state index in [1.54, 1.807) is 40.8 Å².